The fraction of sp³-hybridized carbons (Fsp3) is 0.333. The van der Waals surface area contributed by atoms with Crippen LogP contribution < -0.4 is 10.6 Å². The van der Waals surface area contributed by atoms with E-state index in [4.69, 9.17) is 1.41 Å². The summed E-state index contributed by atoms with van der Waals surface area (Å²) in [6.45, 7) is 0.625. The molecule has 0 unspecified atom stereocenters. The fourth-order valence-corrected chi connectivity index (χ4v) is 0.264. The first-order chi connectivity index (χ1) is 2.89. The molecule has 28 valence electrons. The van der Waals surface area contributed by atoms with E-state index in [2.05, 4.69) is 5.32 Å². The van der Waals surface area contributed by atoms with Crippen LogP contribution in [0.3, 0.4) is 0 Å². The van der Waals surface area contributed by atoms with Crippen molar-refractivity contribution in [2.24, 2.45) is 0 Å². The first-order valence-corrected chi connectivity index (χ1v) is 1.55. The van der Waals surface area contributed by atoms with Crippen molar-refractivity contribution in [1.29, 1.82) is 0 Å². The van der Waals surface area contributed by atoms with Gasteiger partial charge in [-0.15, -0.1) is 0 Å². The molecule has 2 nitrogen and oxygen atoms in total. The average Bonchev–Trinajstić information content (AvgIpc) is 1.86. The van der Waals surface area contributed by atoms with Crippen LogP contribution in [0, 0.1) is 0 Å². The minimum Gasteiger partial charge on any atom is -0.373 e. The van der Waals surface area contributed by atoms with Gasteiger partial charge >= 0.3 is 0 Å². The van der Waals surface area contributed by atoms with Crippen molar-refractivity contribution in [2.45, 2.75) is 0 Å². The van der Waals surface area contributed by atoms with Crippen LogP contribution in [-0.4, -0.2) is 6.67 Å². The zero-order valence-corrected chi connectivity index (χ0v) is 2.81. The van der Waals surface area contributed by atoms with Gasteiger partial charge in [0.15, 0.2) is 1.41 Å². The third kappa shape index (κ3) is 0.318. The van der Waals surface area contributed by atoms with Crippen LogP contribution in [0.25, 0.3) is 0 Å². The van der Waals surface area contributed by atoms with Crippen LogP contribution in [0.2, 0.25) is 1.41 Å². The van der Waals surface area contributed by atoms with Gasteiger partial charge in [-0.25, -0.2) is 0 Å². The number of rotatable bonds is 0. The van der Waals surface area contributed by atoms with Gasteiger partial charge in [0.1, 0.15) is 0 Å². The van der Waals surface area contributed by atoms with E-state index in [-0.39, 0.29) is 0 Å². The minimum atomic E-state index is 0.625. The van der Waals surface area contributed by atoms with Crippen LogP contribution in [-0.2, 0) is 0 Å². The molecule has 0 aromatic carbocycles. The molecule has 1 heterocycles. The quantitative estimate of drug-likeness (QED) is 0.406. The maximum Gasteiger partial charge on any atom is 0.161 e. The molecule has 5 heavy (non-hydrogen) atoms. The Morgan fingerprint density at radius 2 is 2.80 bits per heavy atom. The Morgan fingerprint density at radius 3 is 3.00 bits per heavy atom. The Bertz CT molecular complexity index is 71.2. The zero-order valence-electron chi connectivity index (χ0n) is 3.81. The molecule has 2 N–H and O–H groups in total. The summed E-state index contributed by atoms with van der Waals surface area (Å²) in [5.74, 6) is 0. The Balaban J connectivity index is 2.38. The smallest absolute Gasteiger partial charge is 0.161 e. The summed E-state index contributed by atoms with van der Waals surface area (Å²) in [5, 5.41) is 4.15. The second kappa shape index (κ2) is 0.971. The van der Waals surface area contributed by atoms with E-state index in [9.17, 15) is 0 Å². The van der Waals surface area contributed by atoms with Gasteiger partial charge in [-0.05, 0) is 0 Å². The van der Waals surface area contributed by atoms with Crippen molar-refractivity contribution in [3.8, 4) is 0 Å². The van der Waals surface area contributed by atoms with Gasteiger partial charge in [0.25, 0.3) is 0 Å². The molecule has 0 aromatic rings. The summed E-state index contributed by atoms with van der Waals surface area (Å²) in [6.07, 6.45) is 3.41. The highest BCUT2D eigenvalue weighted by Crippen LogP contribution is 1.65. The standard InChI is InChI=1S/C3H6N2/c1-2-5-3-4-1/h1-2,4-5H,3H2/i/hD. The van der Waals surface area contributed by atoms with Gasteiger partial charge in [-0.3, -0.25) is 0 Å². The monoisotopic (exact) mass is 71.1 g/mol. The molecule has 0 radical (unpaired) electrons. The van der Waals surface area contributed by atoms with Gasteiger partial charge in [0, 0.05) is 12.4 Å². The van der Waals surface area contributed by atoms with Gasteiger partial charge in [0.05, 0.1) is 6.67 Å². The van der Waals surface area contributed by atoms with Crippen molar-refractivity contribution in [1.82, 2.24) is 10.6 Å². The summed E-state index contributed by atoms with van der Waals surface area (Å²) in [4.78, 5) is 0. The Hall–Kier alpha value is -0.660. The predicted molar refractivity (Wildman–Crippen MR) is 20.3 cm³/mol. The van der Waals surface area contributed by atoms with Crippen molar-refractivity contribution >= 4 is 0 Å². The van der Waals surface area contributed by atoms with E-state index in [0.717, 1.165) is 0 Å². The van der Waals surface area contributed by atoms with Crippen LogP contribution >= 0.6 is 0 Å². The van der Waals surface area contributed by atoms with Crippen molar-refractivity contribution < 1.29 is 1.41 Å². The molecule has 1 rings (SSSR count). The van der Waals surface area contributed by atoms with Gasteiger partial charge in [-0.1, -0.05) is 0 Å². The summed E-state index contributed by atoms with van der Waals surface area (Å²) in [7, 11) is 0. The van der Waals surface area contributed by atoms with Crippen LogP contribution in [0.15, 0.2) is 12.4 Å². The summed E-state index contributed by atoms with van der Waals surface area (Å²) >= 11 is 0. The van der Waals surface area contributed by atoms with Gasteiger partial charge in [0.2, 0.25) is 0 Å². The molecule has 0 aromatic heterocycles. The van der Waals surface area contributed by atoms with Gasteiger partial charge < -0.3 is 10.6 Å². The number of hydrogen-bond acceptors (Lipinski definition) is 2. The molecule has 1 aliphatic heterocycles. The lowest BCUT2D eigenvalue weighted by Crippen LogP contribution is -2.10. The second-order valence-electron chi connectivity index (χ2n) is 0.861. The van der Waals surface area contributed by atoms with Crippen molar-refractivity contribution in [2.75, 3.05) is 6.67 Å². The summed E-state index contributed by atoms with van der Waals surface area (Å²) < 4.78 is 6.82. The van der Waals surface area contributed by atoms with Crippen molar-refractivity contribution in [3.05, 3.63) is 12.4 Å². The van der Waals surface area contributed by atoms with E-state index in [1.165, 1.54) is 5.31 Å². The molecule has 1 aliphatic rings. The minimum absolute atomic E-state index is 0.625. The zero-order chi connectivity index (χ0) is 4.41. The van der Waals surface area contributed by atoms with Crippen molar-refractivity contribution in [3.63, 3.8) is 0 Å². The molecule has 0 atom stereocenters. The molecular formula is C3H6N2. The predicted octanol–water partition coefficient (Wildman–Crippen LogP) is -0.392. The maximum atomic E-state index is 6.82. The van der Waals surface area contributed by atoms with E-state index in [1.54, 1.807) is 12.4 Å². The molecule has 0 bridgehead atoms. The molecule has 0 fully saturated rings. The Labute approximate surface area is 32.3 Å². The average molecular weight is 71.1 g/mol. The molecule has 0 aliphatic carbocycles. The molecule has 2 heteroatoms. The lowest BCUT2D eigenvalue weighted by Gasteiger charge is -1.82. The molecule has 0 spiro atoms. The highest BCUT2D eigenvalue weighted by Gasteiger charge is 1.77. The second-order valence-corrected chi connectivity index (χ2v) is 0.861. The highest BCUT2D eigenvalue weighted by atomic mass is 15.1. The van der Waals surface area contributed by atoms with E-state index >= 15 is 0 Å². The Kier molecular flexibility index (Phi) is 0.330. The lowest BCUT2D eigenvalue weighted by atomic mass is 11.0. The van der Waals surface area contributed by atoms with Crippen LogP contribution in [0.1, 0.15) is 0 Å². The SMILES string of the molecule is [2H]N1C=CNC1. The third-order valence-corrected chi connectivity index (χ3v) is 0.480. The maximum absolute atomic E-state index is 6.82. The van der Waals surface area contributed by atoms with E-state index in [1.807, 2.05) is 0 Å². The van der Waals surface area contributed by atoms with Crippen LogP contribution in [0.4, 0.5) is 0 Å². The number of hydrogen-bond donors (Lipinski definition) is 2. The molecule has 0 saturated carbocycles. The number of nitrogens with one attached hydrogen (secondary N) is 2. The normalized spacial score (nSPS) is 22.4. The third-order valence-electron chi connectivity index (χ3n) is 0.480. The lowest BCUT2D eigenvalue weighted by molar-refractivity contribution is 0.836. The molecule has 0 amide bonds. The fourth-order valence-electron chi connectivity index (χ4n) is 0.264. The first kappa shape index (κ1) is 1.70. The highest BCUT2D eigenvalue weighted by molar-refractivity contribution is 4.82. The van der Waals surface area contributed by atoms with E-state index in [0.29, 0.717) is 6.67 Å². The van der Waals surface area contributed by atoms with E-state index < -0.39 is 0 Å². The van der Waals surface area contributed by atoms with Gasteiger partial charge in [-0.2, -0.15) is 0 Å². The first-order valence-electron chi connectivity index (χ1n) is 2.00. The Morgan fingerprint density at radius 1 is 1.80 bits per heavy atom. The molecular weight excluding hydrogens is 64.0 g/mol. The van der Waals surface area contributed by atoms with Crippen LogP contribution in [0.5, 0.6) is 0 Å². The largest absolute Gasteiger partial charge is 0.373 e. The summed E-state index contributed by atoms with van der Waals surface area (Å²) in [5.41, 5.74) is 0. The summed E-state index contributed by atoms with van der Waals surface area (Å²) in [6, 6.07) is 0. The molecule has 0 saturated heterocycles. The topological polar surface area (TPSA) is 24.1 Å².